The van der Waals surface area contributed by atoms with Crippen molar-refractivity contribution in [1.82, 2.24) is 4.98 Å². The molecular formula is C7H11BrCl2N2. The number of hydrogen-bond donors (Lipinski definition) is 1. The van der Waals surface area contributed by atoms with E-state index in [4.69, 9.17) is 5.73 Å². The summed E-state index contributed by atoms with van der Waals surface area (Å²) in [7, 11) is 0. The third-order valence-corrected chi connectivity index (χ3v) is 1.97. The summed E-state index contributed by atoms with van der Waals surface area (Å²) in [5.74, 6) is 0. The lowest BCUT2D eigenvalue weighted by molar-refractivity contribution is 1.01. The summed E-state index contributed by atoms with van der Waals surface area (Å²) in [5, 5.41) is 0. The van der Waals surface area contributed by atoms with E-state index in [2.05, 4.69) is 20.9 Å². The molecule has 0 saturated carbocycles. The number of nitrogens with two attached hydrogens (primary N) is 1. The van der Waals surface area contributed by atoms with Crippen molar-refractivity contribution in [1.29, 1.82) is 0 Å². The van der Waals surface area contributed by atoms with Gasteiger partial charge in [0.2, 0.25) is 0 Å². The highest BCUT2D eigenvalue weighted by molar-refractivity contribution is 9.10. The van der Waals surface area contributed by atoms with Crippen LogP contribution in [0, 0.1) is 6.92 Å². The quantitative estimate of drug-likeness (QED) is 0.799. The Morgan fingerprint density at radius 3 is 2.42 bits per heavy atom. The second-order valence-corrected chi connectivity index (χ2v) is 2.86. The van der Waals surface area contributed by atoms with Crippen molar-refractivity contribution in [2.45, 2.75) is 13.5 Å². The van der Waals surface area contributed by atoms with Gasteiger partial charge in [0.05, 0.1) is 0 Å². The zero-order chi connectivity index (χ0) is 7.56. The van der Waals surface area contributed by atoms with Crippen LogP contribution in [0.4, 0.5) is 0 Å². The number of aromatic nitrogens is 1. The lowest BCUT2D eigenvalue weighted by Crippen LogP contribution is -1.98. The van der Waals surface area contributed by atoms with Gasteiger partial charge in [0.25, 0.3) is 0 Å². The fourth-order valence-corrected chi connectivity index (χ4v) is 1.28. The highest BCUT2D eigenvalue weighted by Gasteiger charge is 1.96. The van der Waals surface area contributed by atoms with Gasteiger partial charge in [-0.3, -0.25) is 0 Å². The van der Waals surface area contributed by atoms with E-state index in [1.54, 1.807) is 0 Å². The fraction of sp³-hybridized carbons (Fsp3) is 0.286. The molecule has 0 atom stereocenters. The Balaban J connectivity index is 0. The summed E-state index contributed by atoms with van der Waals surface area (Å²) in [6, 6.07) is 3.93. The van der Waals surface area contributed by atoms with Crippen LogP contribution in [0.2, 0.25) is 0 Å². The van der Waals surface area contributed by atoms with E-state index >= 15 is 0 Å². The smallest absolute Gasteiger partial charge is 0.110 e. The number of pyridine rings is 1. The van der Waals surface area contributed by atoms with E-state index in [1.165, 1.54) is 0 Å². The predicted molar refractivity (Wildman–Crippen MR) is 59.1 cm³/mol. The van der Waals surface area contributed by atoms with Gasteiger partial charge in [0.1, 0.15) is 4.60 Å². The van der Waals surface area contributed by atoms with Crippen molar-refractivity contribution >= 4 is 40.7 Å². The molecule has 0 amide bonds. The molecular weight excluding hydrogens is 263 g/mol. The largest absolute Gasteiger partial charge is 0.326 e. The van der Waals surface area contributed by atoms with Crippen LogP contribution in [0.1, 0.15) is 11.3 Å². The minimum absolute atomic E-state index is 0. The maximum absolute atomic E-state index is 5.43. The van der Waals surface area contributed by atoms with E-state index in [0.717, 1.165) is 15.9 Å². The molecule has 0 saturated heterocycles. The molecule has 1 rings (SSSR count). The molecule has 1 aromatic rings. The van der Waals surface area contributed by atoms with Crippen LogP contribution in [0.15, 0.2) is 16.7 Å². The summed E-state index contributed by atoms with van der Waals surface area (Å²) in [5.41, 5.74) is 7.48. The van der Waals surface area contributed by atoms with Gasteiger partial charge in [-0.05, 0) is 34.5 Å². The average Bonchev–Trinajstić information content (AvgIpc) is 1.88. The Hall–Kier alpha value is 0.170. The first kappa shape index (κ1) is 14.7. The molecule has 0 aliphatic rings. The summed E-state index contributed by atoms with van der Waals surface area (Å²) < 4.78 is 0.856. The number of nitrogens with zero attached hydrogens (tertiary/aromatic N) is 1. The third-order valence-electron chi connectivity index (χ3n) is 1.29. The van der Waals surface area contributed by atoms with Crippen LogP contribution in [0.5, 0.6) is 0 Å². The topological polar surface area (TPSA) is 38.9 Å². The highest BCUT2D eigenvalue weighted by Crippen LogP contribution is 2.12. The molecule has 0 aliphatic heterocycles. The molecule has 0 spiro atoms. The van der Waals surface area contributed by atoms with Crippen molar-refractivity contribution in [3.63, 3.8) is 0 Å². The second kappa shape index (κ2) is 6.66. The highest BCUT2D eigenvalue weighted by atomic mass is 79.9. The molecule has 70 valence electrons. The average molecular weight is 274 g/mol. The van der Waals surface area contributed by atoms with Gasteiger partial charge in [-0.2, -0.15) is 0 Å². The Morgan fingerprint density at radius 1 is 1.42 bits per heavy atom. The molecule has 5 heteroatoms. The van der Waals surface area contributed by atoms with Crippen molar-refractivity contribution in [2.75, 3.05) is 0 Å². The summed E-state index contributed by atoms with van der Waals surface area (Å²) >= 11 is 3.32. The molecule has 0 aliphatic carbocycles. The van der Waals surface area contributed by atoms with Crippen molar-refractivity contribution in [3.8, 4) is 0 Å². The van der Waals surface area contributed by atoms with Gasteiger partial charge in [0, 0.05) is 12.2 Å². The normalized spacial score (nSPS) is 8.25. The first-order chi connectivity index (χ1) is 4.74. The molecule has 0 unspecified atom stereocenters. The van der Waals surface area contributed by atoms with E-state index in [-0.39, 0.29) is 24.8 Å². The molecule has 2 N–H and O–H groups in total. The first-order valence-electron chi connectivity index (χ1n) is 3.06. The maximum Gasteiger partial charge on any atom is 0.110 e. The van der Waals surface area contributed by atoms with E-state index < -0.39 is 0 Å². The van der Waals surface area contributed by atoms with Crippen LogP contribution in [-0.4, -0.2) is 4.98 Å². The second-order valence-electron chi connectivity index (χ2n) is 2.11. The predicted octanol–water partition coefficient (Wildman–Crippen LogP) is 2.45. The lowest BCUT2D eigenvalue weighted by atomic mass is 10.2. The van der Waals surface area contributed by atoms with Gasteiger partial charge < -0.3 is 5.73 Å². The van der Waals surface area contributed by atoms with Crippen LogP contribution >= 0.6 is 40.7 Å². The number of hydrogen-bond acceptors (Lipinski definition) is 2. The minimum Gasteiger partial charge on any atom is -0.326 e. The molecule has 12 heavy (non-hydrogen) atoms. The Morgan fingerprint density at radius 2 is 2.00 bits per heavy atom. The third kappa shape index (κ3) is 3.72. The van der Waals surface area contributed by atoms with Gasteiger partial charge in [-0.1, -0.05) is 6.07 Å². The monoisotopic (exact) mass is 272 g/mol. The van der Waals surface area contributed by atoms with Crippen molar-refractivity contribution in [3.05, 3.63) is 28.0 Å². The van der Waals surface area contributed by atoms with Gasteiger partial charge >= 0.3 is 0 Å². The maximum atomic E-state index is 5.43. The van der Waals surface area contributed by atoms with Crippen LogP contribution < -0.4 is 5.73 Å². The van der Waals surface area contributed by atoms with Crippen LogP contribution in [0.25, 0.3) is 0 Å². The number of aryl methyl sites for hydroxylation is 1. The molecule has 1 heterocycles. The van der Waals surface area contributed by atoms with Gasteiger partial charge in [0.15, 0.2) is 0 Å². The van der Waals surface area contributed by atoms with E-state index in [0.29, 0.717) is 6.54 Å². The SMILES string of the molecule is Cc1ccc(CN)c(Br)n1.Cl.Cl. The van der Waals surface area contributed by atoms with E-state index in [1.807, 2.05) is 19.1 Å². The molecule has 0 radical (unpaired) electrons. The zero-order valence-corrected chi connectivity index (χ0v) is 9.80. The standard InChI is InChI=1S/C7H9BrN2.2ClH/c1-5-2-3-6(4-9)7(8)10-5;;/h2-3H,4,9H2,1H3;2*1H. The van der Waals surface area contributed by atoms with Gasteiger partial charge in [-0.25, -0.2) is 4.98 Å². The molecule has 2 nitrogen and oxygen atoms in total. The van der Waals surface area contributed by atoms with Crippen LogP contribution in [-0.2, 0) is 6.54 Å². The van der Waals surface area contributed by atoms with E-state index in [9.17, 15) is 0 Å². The molecule has 0 fully saturated rings. The van der Waals surface area contributed by atoms with Crippen LogP contribution in [0.3, 0.4) is 0 Å². The van der Waals surface area contributed by atoms with Gasteiger partial charge in [-0.15, -0.1) is 24.8 Å². The number of rotatable bonds is 1. The Kier molecular flexibility index (Phi) is 8.15. The molecule has 0 bridgehead atoms. The number of halogens is 3. The molecule has 1 aromatic heterocycles. The summed E-state index contributed by atoms with van der Waals surface area (Å²) in [6.45, 7) is 2.49. The zero-order valence-electron chi connectivity index (χ0n) is 6.58. The Bertz CT molecular complexity index is 243. The molecule has 0 aromatic carbocycles. The van der Waals surface area contributed by atoms with Crippen molar-refractivity contribution in [2.24, 2.45) is 5.73 Å². The van der Waals surface area contributed by atoms with Crippen molar-refractivity contribution < 1.29 is 0 Å². The lowest BCUT2D eigenvalue weighted by Gasteiger charge is -1.99. The first-order valence-corrected chi connectivity index (χ1v) is 3.85. The fourth-order valence-electron chi connectivity index (χ4n) is 0.706. The summed E-state index contributed by atoms with van der Waals surface area (Å²) in [6.07, 6.45) is 0. The minimum atomic E-state index is 0. The summed E-state index contributed by atoms with van der Waals surface area (Å²) in [4.78, 5) is 4.18. The Labute approximate surface area is 92.9 Å².